The number of hydrogen-bond acceptors (Lipinski definition) is 4. The van der Waals surface area contributed by atoms with Crippen LogP contribution in [0, 0.1) is 5.41 Å². The van der Waals surface area contributed by atoms with Crippen molar-refractivity contribution in [2.75, 3.05) is 13.2 Å². The number of rotatable bonds is 15. The molecule has 0 bridgehead atoms. The molecule has 0 saturated carbocycles. The summed E-state index contributed by atoms with van der Waals surface area (Å²) < 4.78 is 11.2. The highest BCUT2D eigenvalue weighted by molar-refractivity contribution is 6.00. The van der Waals surface area contributed by atoms with E-state index in [2.05, 4.69) is 20.8 Å². The molecule has 1 aromatic carbocycles. The van der Waals surface area contributed by atoms with Crippen molar-refractivity contribution < 1.29 is 19.1 Å². The second-order valence-electron chi connectivity index (χ2n) is 7.53. The molecule has 0 unspecified atom stereocenters. The van der Waals surface area contributed by atoms with Gasteiger partial charge in [0.15, 0.2) is 5.41 Å². The Morgan fingerprint density at radius 2 is 1.25 bits per heavy atom. The van der Waals surface area contributed by atoms with E-state index in [0.717, 1.165) is 56.9 Å². The molecule has 0 aliphatic rings. The van der Waals surface area contributed by atoms with Crippen LogP contribution in [-0.2, 0) is 25.5 Å². The lowest BCUT2D eigenvalue weighted by Crippen LogP contribution is -2.44. The topological polar surface area (TPSA) is 52.6 Å². The van der Waals surface area contributed by atoms with Crippen molar-refractivity contribution in [1.29, 1.82) is 0 Å². The molecule has 158 valence electrons. The van der Waals surface area contributed by atoms with Gasteiger partial charge in [-0.15, -0.1) is 0 Å². The van der Waals surface area contributed by atoms with E-state index < -0.39 is 17.4 Å². The summed E-state index contributed by atoms with van der Waals surface area (Å²) in [4.78, 5) is 26.3. The van der Waals surface area contributed by atoms with E-state index in [4.69, 9.17) is 9.47 Å². The zero-order valence-corrected chi connectivity index (χ0v) is 18.0. The molecule has 28 heavy (non-hydrogen) atoms. The first-order valence-electron chi connectivity index (χ1n) is 11.0. The molecule has 0 aliphatic carbocycles. The number of carbonyl (C=O) groups excluding carboxylic acids is 2. The average Bonchev–Trinajstić information content (AvgIpc) is 2.72. The van der Waals surface area contributed by atoms with Gasteiger partial charge in [-0.25, -0.2) is 0 Å². The lowest BCUT2D eigenvalue weighted by molar-refractivity contribution is -0.173. The Bertz CT molecular complexity index is 529. The van der Waals surface area contributed by atoms with Crippen molar-refractivity contribution in [3.63, 3.8) is 0 Å². The molecule has 0 fully saturated rings. The van der Waals surface area contributed by atoms with Gasteiger partial charge in [0.25, 0.3) is 0 Å². The summed E-state index contributed by atoms with van der Waals surface area (Å²) in [6.07, 6.45) is 8.25. The largest absolute Gasteiger partial charge is 0.465 e. The Kier molecular flexibility index (Phi) is 12.3. The lowest BCUT2D eigenvalue weighted by Gasteiger charge is -2.29. The summed E-state index contributed by atoms with van der Waals surface area (Å²) in [5.74, 6) is -0.859. The molecule has 0 aromatic heterocycles. The number of benzene rings is 1. The summed E-state index contributed by atoms with van der Waals surface area (Å²) in [5, 5.41) is 0. The maximum Gasteiger partial charge on any atom is 0.323 e. The monoisotopic (exact) mass is 390 g/mol. The first-order valence-corrected chi connectivity index (χ1v) is 11.0. The summed E-state index contributed by atoms with van der Waals surface area (Å²) >= 11 is 0. The number of hydrogen-bond donors (Lipinski definition) is 0. The fourth-order valence-corrected chi connectivity index (χ4v) is 3.25. The van der Waals surface area contributed by atoms with Crippen LogP contribution in [0.2, 0.25) is 0 Å². The van der Waals surface area contributed by atoms with Gasteiger partial charge in [0.2, 0.25) is 0 Å². The first-order chi connectivity index (χ1) is 13.6. The predicted octanol–water partition coefficient (Wildman–Crippen LogP) is 5.87. The first kappa shape index (κ1) is 24.2. The molecule has 0 spiro atoms. The van der Waals surface area contributed by atoms with E-state index in [1.54, 1.807) is 0 Å². The van der Waals surface area contributed by atoms with Crippen LogP contribution in [0.4, 0.5) is 0 Å². The minimum absolute atomic E-state index is 0.326. The fourth-order valence-electron chi connectivity index (χ4n) is 3.25. The van der Waals surface area contributed by atoms with Crippen LogP contribution in [-0.4, -0.2) is 25.2 Å². The highest BCUT2D eigenvalue weighted by Crippen LogP contribution is 2.33. The molecule has 0 aliphatic heterocycles. The third kappa shape index (κ3) is 8.04. The van der Waals surface area contributed by atoms with Crippen LogP contribution in [0.25, 0.3) is 0 Å². The van der Waals surface area contributed by atoms with Crippen molar-refractivity contribution in [3.05, 3.63) is 35.9 Å². The summed E-state index contributed by atoms with van der Waals surface area (Å²) in [6.45, 7) is 7.00. The number of ether oxygens (including phenoxy) is 2. The minimum atomic E-state index is -1.25. The SMILES string of the molecule is CCCCCOC(=O)C(CCCC)(Cc1ccccc1)C(=O)OCCCCC. The quantitative estimate of drug-likeness (QED) is 0.213. The molecule has 0 atom stereocenters. The third-order valence-corrected chi connectivity index (χ3v) is 5.05. The van der Waals surface area contributed by atoms with Gasteiger partial charge in [-0.1, -0.05) is 89.6 Å². The Morgan fingerprint density at radius 3 is 1.71 bits per heavy atom. The van der Waals surface area contributed by atoms with Crippen molar-refractivity contribution in [3.8, 4) is 0 Å². The molecule has 0 radical (unpaired) electrons. The maximum atomic E-state index is 13.1. The van der Waals surface area contributed by atoms with Crippen molar-refractivity contribution in [2.24, 2.45) is 5.41 Å². The van der Waals surface area contributed by atoms with E-state index in [1.807, 2.05) is 30.3 Å². The predicted molar refractivity (Wildman–Crippen MR) is 113 cm³/mol. The second-order valence-corrected chi connectivity index (χ2v) is 7.53. The standard InChI is InChI=1S/C24H38O4/c1-4-7-13-18-27-22(25)24(17-9-6-3,20-21-15-11-10-12-16-21)23(26)28-19-14-8-5-2/h10-12,15-16H,4-9,13-14,17-20H2,1-3H3. The zero-order chi connectivity index (χ0) is 20.7. The molecule has 0 amide bonds. The number of carbonyl (C=O) groups is 2. The lowest BCUT2D eigenvalue weighted by atomic mass is 9.77. The Morgan fingerprint density at radius 1 is 0.750 bits per heavy atom. The number of esters is 2. The van der Waals surface area contributed by atoms with Gasteiger partial charge in [-0.2, -0.15) is 0 Å². The van der Waals surface area contributed by atoms with Gasteiger partial charge in [-0.3, -0.25) is 9.59 Å². The molecular weight excluding hydrogens is 352 g/mol. The van der Waals surface area contributed by atoms with Gasteiger partial charge < -0.3 is 9.47 Å². The Labute approximate surface area is 171 Å². The summed E-state index contributed by atoms with van der Waals surface area (Å²) in [5.41, 5.74) is -0.301. The highest BCUT2D eigenvalue weighted by Gasteiger charge is 2.48. The van der Waals surface area contributed by atoms with Crippen LogP contribution < -0.4 is 0 Å². The molecule has 1 aromatic rings. The maximum absolute atomic E-state index is 13.1. The Hall–Kier alpha value is -1.84. The van der Waals surface area contributed by atoms with Crippen LogP contribution in [0.15, 0.2) is 30.3 Å². The van der Waals surface area contributed by atoms with E-state index in [-0.39, 0.29) is 0 Å². The summed E-state index contributed by atoms with van der Waals surface area (Å²) in [7, 11) is 0. The van der Waals surface area contributed by atoms with Gasteiger partial charge in [0, 0.05) is 0 Å². The van der Waals surface area contributed by atoms with E-state index in [9.17, 15) is 9.59 Å². The zero-order valence-electron chi connectivity index (χ0n) is 18.0. The molecule has 0 N–H and O–H groups in total. The average molecular weight is 391 g/mol. The normalized spacial score (nSPS) is 11.2. The molecule has 0 heterocycles. The van der Waals surface area contributed by atoms with Crippen LogP contribution in [0.5, 0.6) is 0 Å². The summed E-state index contributed by atoms with van der Waals surface area (Å²) in [6, 6.07) is 9.70. The van der Waals surface area contributed by atoms with Crippen molar-refractivity contribution in [1.82, 2.24) is 0 Å². The molecule has 1 rings (SSSR count). The van der Waals surface area contributed by atoms with Crippen molar-refractivity contribution in [2.45, 2.75) is 85.0 Å². The minimum Gasteiger partial charge on any atom is -0.465 e. The van der Waals surface area contributed by atoms with Crippen LogP contribution in [0.1, 0.15) is 84.1 Å². The second kappa shape index (κ2) is 14.2. The van der Waals surface area contributed by atoms with Gasteiger partial charge in [0.1, 0.15) is 0 Å². The van der Waals surface area contributed by atoms with Gasteiger partial charge in [0.05, 0.1) is 13.2 Å². The van der Waals surface area contributed by atoms with E-state index >= 15 is 0 Å². The third-order valence-electron chi connectivity index (χ3n) is 5.05. The number of unbranched alkanes of at least 4 members (excludes halogenated alkanes) is 5. The smallest absolute Gasteiger partial charge is 0.323 e. The van der Waals surface area contributed by atoms with Crippen LogP contribution in [0.3, 0.4) is 0 Å². The van der Waals surface area contributed by atoms with Crippen LogP contribution >= 0.6 is 0 Å². The Balaban J connectivity index is 3.02. The molecule has 0 saturated heterocycles. The molecular formula is C24H38O4. The van der Waals surface area contributed by atoms with Crippen molar-refractivity contribution >= 4 is 11.9 Å². The van der Waals surface area contributed by atoms with Gasteiger partial charge >= 0.3 is 11.9 Å². The fraction of sp³-hybridized carbons (Fsp3) is 0.667. The molecule has 4 heteroatoms. The van der Waals surface area contributed by atoms with Gasteiger partial charge in [-0.05, 0) is 31.2 Å². The molecule has 4 nitrogen and oxygen atoms in total. The van der Waals surface area contributed by atoms with E-state index in [1.165, 1.54) is 0 Å². The highest BCUT2D eigenvalue weighted by atomic mass is 16.6. The van der Waals surface area contributed by atoms with E-state index in [0.29, 0.717) is 26.1 Å².